The zero-order valence-electron chi connectivity index (χ0n) is 19.0. The predicted molar refractivity (Wildman–Crippen MR) is 130 cm³/mol. The molecule has 1 fully saturated rings. The summed E-state index contributed by atoms with van der Waals surface area (Å²) in [5, 5.41) is 14.1. The number of nitrogens with zero attached hydrogens (tertiary/aromatic N) is 4. The minimum absolute atomic E-state index is 0.0523. The number of aryl methyl sites for hydroxylation is 2. The maximum Gasteiger partial charge on any atom is 0.253 e. The molecule has 2 aromatic carbocycles. The summed E-state index contributed by atoms with van der Waals surface area (Å²) in [6.45, 7) is 5.65. The van der Waals surface area contributed by atoms with Gasteiger partial charge in [0.2, 0.25) is 0 Å². The van der Waals surface area contributed by atoms with Crippen molar-refractivity contribution in [1.82, 2.24) is 9.88 Å². The summed E-state index contributed by atoms with van der Waals surface area (Å²) < 4.78 is 1.79. The molecule has 0 radical (unpaired) electrons. The van der Waals surface area contributed by atoms with Crippen molar-refractivity contribution in [3.8, 4) is 6.07 Å². The molecule has 1 saturated heterocycles. The van der Waals surface area contributed by atoms with Gasteiger partial charge in [0.25, 0.3) is 5.56 Å². The largest absolute Gasteiger partial charge is 0.371 e. The number of piperidine rings is 1. The summed E-state index contributed by atoms with van der Waals surface area (Å²) in [6.07, 6.45) is 2.20. The SMILES string of the molecule is Cc1cc2c(N3CCN(C)c4ccc(C#N)cc43)cc(C3CCNCC3)cc2n(C)c1=O. The summed E-state index contributed by atoms with van der Waals surface area (Å²) in [7, 11) is 3.97. The van der Waals surface area contributed by atoms with Gasteiger partial charge in [-0.15, -0.1) is 0 Å². The average Bonchev–Trinajstić information content (AvgIpc) is 2.83. The van der Waals surface area contributed by atoms with Crippen LogP contribution in [0.2, 0.25) is 0 Å². The molecule has 2 aliphatic heterocycles. The fraction of sp³-hybridized carbons (Fsp3) is 0.385. The third-order valence-electron chi connectivity index (χ3n) is 7.09. The highest BCUT2D eigenvalue weighted by Crippen LogP contribution is 2.42. The summed E-state index contributed by atoms with van der Waals surface area (Å²) in [5.41, 5.74) is 7.02. The number of benzene rings is 2. The summed E-state index contributed by atoms with van der Waals surface area (Å²) >= 11 is 0. The van der Waals surface area contributed by atoms with E-state index in [0.29, 0.717) is 11.5 Å². The molecular formula is C26H29N5O. The Labute approximate surface area is 188 Å². The Morgan fingerprint density at radius 2 is 1.78 bits per heavy atom. The molecule has 32 heavy (non-hydrogen) atoms. The highest BCUT2D eigenvalue weighted by molar-refractivity contribution is 5.97. The molecule has 1 aromatic heterocycles. The third kappa shape index (κ3) is 3.34. The van der Waals surface area contributed by atoms with Crippen molar-refractivity contribution < 1.29 is 0 Å². The molecule has 2 aliphatic rings. The van der Waals surface area contributed by atoms with Gasteiger partial charge in [-0.2, -0.15) is 5.26 Å². The first kappa shape index (κ1) is 20.6. The Hall–Kier alpha value is -3.30. The number of likely N-dealkylation sites (N-methyl/N-ethyl adjacent to an activating group) is 1. The maximum atomic E-state index is 12.8. The number of nitrogens with one attached hydrogen (secondary N) is 1. The molecule has 164 valence electrons. The fourth-order valence-corrected chi connectivity index (χ4v) is 5.21. The van der Waals surface area contributed by atoms with Crippen molar-refractivity contribution >= 4 is 28.0 Å². The van der Waals surface area contributed by atoms with Crippen LogP contribution in [0.25, 0.3) is 10.9 Å². The van der Waals surface area contributed by atoms with Crippen molar-refractivity contribution in [2.24, 2.45) is 7.05 Å². The second-order valence-corrected chi connectivity index (χ2v) is 9.08. The number of fused-ring (bicyclic) bond motifs is 2. The second kappa shape index (κ2) is 7.99. The normalized spacial score (nSPS) is 16.8. The lowest BCUT2D eigenvalue weighted by Crippen LogP contribution is -2.37. The Balaban J connectivity index is 1.77. The summed E-state index contributed by atoms with van der Waals surface area (Å²) in [6, 6.07) is 14.8. The first-order chi connectivity index (χ1) is 15.5. The minimum atomic E-state index is 0.0523. The van der Waals surface area contributed by atoms with Crippen LogP contribution < -0.4 is 20.7 Å². The van der Waals surface area contributed by atoms with Crippen LogP contribution in [0.1, 0.15) is 35.4 Å². The first-order valence-electron chi connectivity index (χ1n) is 11.4. The molecule has 6 nitrogen and oxygen atoms in total. The Morgan fingerprint density at radius 3 is 2.53 bits per heavy atom. The van der Waals surface area contributed by atoms with Crippen LogP contribution in [0.4, 0.5) is 17.1 Å². The molecule has 0 aliphatic carbocycles. The smallest absolute Gasteiger partial charge is 0.253 e. The molecule has 0 saturated carbocycles. The molecule has 6 heteroatoms. The number of hydrogen-bond donors (Lipinski definition) is 1. The van der Waals surface area contributed by atoms with E-state index in [1.54, 1.807) is 4.57 Å². The van der Waals surface area contributed by atoms with E-state index in [-0.39, 0.29) is 5.56 Å². The summed E-state index contributed by atoms with van der Waals surface area (Å²) in [4.78, 5) is 17.4. The van der Waals surface area contributed by atoms with Gasteiger partial charge in [0, 0.05) is 38.1 Å². The van der Waals surface area contributed by atoms with E-state index < -0.39 is 0 Å². The molecule has 3 heterocycles. The van der Waals surface area contributed by atoms with Gasteiger partial charge in [-0.1, -0.05) is 0 Å². The Kier molecular flexibility index (Phi) is 5.15. The van der Waals surface area contributed by atoms with Gasteiger partial charge < -0.3 is 19.7 Å². The number of anilines is 3. The number of pyridine rings is 1. The van der Waals surface area contributed by atoms with Crippen molar-refractivity contribution in [1.29, 1.82) is 5.26 Å². The van der Waals surface area contributed by atoms with E-state index in [4.69, 9.17) is 0 Å². The summed E-state index contributed by atoms with van der Waals surface area (Å²) in [5.74, 6) is 0.480. The van der Waals surface area contributed by atoms with Crippen molar-refractivity contribution in [3.05, 3.63) is 63.4 Å². The van der Waals surface area contributed by atoms with Gasteiger partial charge in [0.15, 0.2) is 0 Å². The van der Waals surface area contributed by atoms with Crippen LogP contribution in [-0.4, -0.2) is 37.8 Å². The van der Waals surface area contributed by atoms with Gasteiger partial charge >= 0.3 is 0 Å². The fourth-order valence-electron chi connectivity index (χ4n) is 5.21. The molecule has 1 N–H and O–H groups in total. The highest BCUT2D eigenvalue weighted by Gasteiger charge is 2.26. The second-order valence-electron chi connectivity index (χ2n) is 9.08. The number of aromatic nitrogens is 1. The van der Waals surface area contributed by atoms with Crippen molar-refractivity contribution in [2.45, 2.75) is 25.7 Å². The van der Waals surface area contributed by atoms with E-state index in [1.807, 2.05) is 38.2 Å². The van der Waals surface area contributed by atoms with Crippen molar-refractivity contribution in [3.63, 3.8) is 0 Å². The van der Waals surface area contributed by atoms with Crippen LogP contribution in [-0.2, 0) is 7.05 Å². The van der Waals surface area contributed by atoms with Crippen LogP contribution in [0.3, 0.4) is 0 Å². The van der Waals surface area contributed by atoms with E-state index in [0.717, 1.165) is 72.5 Å². The van der Waals surface area contributed by atoms with Crippen LogP contribution in [0, 0.1) is 18.3 Å². The minimum Gasteiger partial charge on any atom is -0.371 e. The molecule has 5 rings (SSSR count). The van der Waals surface area contributed by atoms with Gasteiger partial charge in [-0.05, 0) is 80.7 Å². The van der Waals surface area contributed by atoms with Gasteiger partial charge in [0.1, 0.15) is 0 Å². The Bertz CT molecular complexity index is 1300. The predicted octanol–water partition coefficient (Wildman–Crippen LogP) is 3.77. The molecule has 0 amide bonds. The van der Waals surface area contributed by atoms with Crippen LogP contribution >= 0.6 is 0 Å². The Morgan fingerprint density at radius 1 is 1.00 bits per heavy atom. The van der Waals surface area contributed by atoms with Crippen LogP contribution in [0.15, 0.2) is 41.2 Å². The number of rotatable bonds is 2. The van der Waals surface area contributed by atoms with E-state index >= 15 is 0 Å². The van der Waals surface area contributed by atoms with Gasteiger partial charge in [0.05, 0.1) is 34.2 Å². The lowest BCUT2D eigenvalue weighted by atomic mass is 9.88. The molecule has 0 bridgehead atoms. The molecule has 0 atom stereocenters. The number of nitriles is 1. The molecule has 0 spiro atoms. The van der Waals surface area contributed by atoms with Gasteiger partial charge in [-0.3, -0.25) is 4.79 Å². The standard InChI is InChI=1S/C26H29N5O/c1-17-12-21-23(30(3)26(17)32)14-20(19-6-8-28-9-7-19)15-24(21)31-11-10-29(2)22-5-4-18(16-27)13-25(22)31/h4-5,12-15,19,28H,6-11H2,1-3H3. The molecular weight excluding hydrogens is 398 g/mol. The molecule has 3 aromatic rings. The highest BCUT2D eigenvalue weighted by atomic mass is 16.1. The van der Waals surface area contributed by atoms with E-state index in [2.05, 4.69) is 40.4 Å². The molecule has 0 unspecified atom stereocenters. The lowest BCUT2D eigenvalue weighted by molar-refractivity contribution is 0.460. The van der Waals surface area contributed by atoms with E-state index in [9.17, 15) is 10.1 Å². The number of hydrogen-bond acceptors (Lipinski definition) is 5. The first-order valence-corrected chi connectivity index (χ1v) is 11.4. The quantitative estimate of drug-likeness (QED) is 0.674. The maximum absolute atomic E-state index is 12.8. The third-order valence-corrected chi connectivity index (χ3v) is 7.09. The lowest BCUT2D eigenvalue weighted by Gasteiger charge is -2.38. The van der Waals surface area contributed by atoms with E-state index in [1.165, 1.54) is 5.56 Å². The topological polar surface area (TPSA) is 64.3 Å². The zero-order valence-corrected chi connectivity index (χ0v) is 19.0. The van der Waals surface area contributed by atoms with Crippen LogP contribution in [0.5, 0.6) is 0 Å². The monoisotopic (exact) mass is 427 g/mol. The average molecular weight is 428 g/mol. The zero-order chi connectivity index (χ0) is 22.4. The van der Waals surface area contributed by atoms with Crippen molar-refractivity contribution in [2.75, 3.05) is 43.0 Å². The van der Waals surface area contributed by atoms with Gasteiger partial charge in [-0.25, -0.2) is 0 Å².